The zero-order chi connectivity index (χ0) is 10.0. The van der Waals surface area contributed by atoms with Crippen LogP contribution in [0.2, 0.25) is 0 Å². The Kier molecular flexibility index (Phi) is 3.13. The van der Waals surface area contributed by atoms with Crippen LogP contribution >= 0.6 is 22.6 Å². The molecule has 13 heavy (non-hydrogen) atoms. The number of aldehydes is 1. The molecule has 4 heteroatoms. The third kappa shape index (κ3) is 1.93. The number of carbonyl (C=O) groups excluding carboxylic acids is 2. The molecule has 0 heterocycles. The van der Waals surface area contributed by atoms with Crippen LogP contribution in [0.4, 0.5) is 4.39 Å². The van der Waals surface area contributed by atoms with Gasteiger partial charge in [-0.15, -0.1) is 0 Å². The van der Waals surface area contributed by atoms with Gasteiger partial charge in [-0.3, -0.25) is 9.59 Å². The molecular weight excluding hydrogens is 286 g/mol. The number of hydrogen-bond acceptors (Lipinski definition) is 2. The number of halogens is 2. The van der Waals surface area contributed by atoms with Crippen LogP contribution in [-0.2, 0) is 0 Å². The summed E-state index contributed by atoms with van der Waals surface area (Å²) in [6.45, 7) is 1.38. The molecule has 0 atom stereocenters. The summed E-state index contributed by atoms with van der Waals surface area (Å²) in [6.07, 6.45) is 0.420. The van der Waals surface area contributed by atoms with Gasteiger partial charge in [0.1, 0.15) is 5.82 Å². The van der Waals surface area contributed by atoms with Gasteiger partial charge >= 0.3 is 0 Å². The Balaban J connectivity index is 3.44. The first-order chi connectivity index (χ1) is 6.07. The minimum absolute atomic E-state index is 0.0479. The largest absolute Gasteiger partial charge is 0.298 e. The molecule has 0 amide bonds. The van der Waals surface area contributed by atoms with Gasteiger partial charge in [0.05, 0.1) is 5.56 Å². The lowest BCUT2D eigenvalue weighted by Gasteiger charge is -2.03. The number of hydrogen-bond donors (Lipinski definition) is 0. The Morgan fingerprint density at radius 1 is 1.54 bits per heavy atom. The quantitative estimate of drug-likeness (QED) is 0.476. The summed E-state index contributed by atoms with van der Waals surface area (Å²) in [6, 6.07) is 2.51. The van der Waals surface area contributed by atoms with Crippen molar-refractivity contribution < 1.29 is 14.0 Å². The standard InChI is InChI=1S/C9H6FIO2/c1-5(13)6-2-3-8(10)7(4-12)9(6)11/h2-4H,1H3. The van der Waals surface area contributed by atoms with Crippen LogP contribution in [-0.4, -0.2) is 12.1 Å². The van der Waals surface area contributed by atoms with Crippen molar-refractivity contribution in [1.82, 2.24) is 0 Å². The van der Waals surface area contributed by atoms with Gasteiger partial charge in [0, 0.05) is 9.13 Å². The second kappa shape index (κ2) is 3.95. The lowest BCUT2D eigenvalue weighted by molar-refractivity contribution is 0.101. The number of Topliss-reactive ketones (excluding diaryl/α,β-unsaturated/α-hetero) is 1. The first kappa shape index (κ1) is 10.3. The molecule has 0 N–H and O–H groups in total. The molecule has 68 valence electrons. The summed E-state index contributed by atoms with van der Waals surface area (Å²) < 4.78 is 13.3. The second-order valence-corrected chi connectivity index (χ2v) is 3.58. The number of rotatable bonds is 2. The predicted molar refractivity (Wildman–Crippen MR) is 54.5 cm³/mol. The number of ketones is 1. The number of carbonyl (C=O) groups is 2. The van der Waals surface area contributed by atoms with Gasteiger partial charge in [-0.1, -0.05) is 0 Å². The van der Waals surface area contributed by atoms with Crippen molar-refractivity contribution in [1.29, 1.82) is 0 Å². The molecule has 0 saturated carbocycles. The molecule has 2 nitrogen and oxygen atoms in total. The Labute approximate surface area is 88.3 Å². The van der Waals surface area contributed by atoms with Crippen molar-refractivity contribution in [2.45, 2.75) is 6.92 Å². The Morgan fingerprint density at radius 3 is 2.62 bits per heavy atom. The lowest BCUT2D eigenvalue weighted by atomic mass is 10.1. The molecule has 0 aliphatic heterocycles. The highest BCUT2D eigenvalue weighted by molar-refractivity contribution is 14.1. The van der Waals surface area contributed by atoms with E-state index in [1.165, 1.54) is 13.0 Å². The molecule has 0 fully saturated rings. The van der Waals surface area contributed by atoms with Gasteiger partial charge < -0.3 is 0 Å². The van der Waals surface area contributed by atoms with Crippen LogP contribution in [0.3, 0.4) is 0 Å². The van der Waals surface area contributed by atoms with E-state index in [0.29, 0.717) is 15.4 Å². The van der Waals surface area contributed by atoms with Crippen molar-refractivity contribution in [2.75, 3.05) is 0 Å². The average Bonchev–Trinajstić information content (AvgIpc) is 2.04. The van der Waals surface area contributed by atoms with E-state index >= 15 is 0 Å². The highest BCUT2D eigenvalue weighted by Crippen LogP contribution is 2.19. The minimum atomic E-state index is -0.593. The summed E-state index contributed by atoms with van der Waals surface area (Å²) in [5.74, 6) is -0.767. The smallest absolute Gasteiger partial charge is 0.160 e. The van der Waals surface area contributed by atoms with Crippen LogP contribution in [0.15, 0.2) is 12.1 Å². The Bertz CT molecular complexity index is 374. The third-order valence-corrected chi connectivity index (χ3v) is 2.79. The predicted octanol–water partition coefficient (Wildman–Crippen LogP) is 2.45. The van der Waals surface area contributed by atoms with Crippen molar-refractivity contribution in [3.8, 4) is 0 Å². The molecule has 0 bridgehead atoms. The van der Waals surface area contributed by atoms with Crippen molar-refractivity contribution >= 4 is 34.7 Å². The molecule has 0 spiro atoms. The highest BCUT2D eigenvalue weighted by atomic mass is 127. The van der Waals surface area contributed by atoms with Gasteiger partial charge in [-0.2, -0.15) is 0 Å². The highest BCUT2D eigenvalue weighted by Gasteiger charge is 2.12. The van der Waals surface area contributed by atoms with E-state index in [1.54, 1.807) is 22.6 Å². The second-order valence-electron chi connectivity index (χ2n) is 2.50. The maximum Gasteiger partial charge on any atom is 0.160 e. The summed E-state index contributed by atoms with van der Waals surface area (Å²) >= 11 is 1.79. The molecule has 1 aromatic rings. The summed E-state index contributed by atoms with van der Waals surface area (Å²) in [5.41, 5.74) is 0.331. The molecule has 0 saturated heterocycles. The van der Waals surface area contributed by atoms with Crippen molar-refractivity contribution in [3.63, 3.8) is 0 Å². The zero-order valence-corrected chi connectivity index (χ0v) is 8.96. The van der Waals surface area contributed by atoms with E-state index in [4.69, 9.17) is 0 Å². The van der Waals surface area contributed by atoms with Crippen molar-refractivity contribution in [2.24, 2.45) is 0 Å². The molecule has 0 aliphatic carbocycles. The Morgan fingerprint density at radius 2 is 2.15 bits per heavy atom. The van der Waals surface area contributed by atoms with Gasteiger partial charge in [0.15, 0.2) is 12.1 Å². The maximum atomic E-state index is 12.9. The van der Waals surface area contributed by atoms with E-state index in [-0.39, 0.29) is 11.3 Å². The van der Waals surface area contributed by atoms with Crippen LogP contribution in [0.5, 0.6) is 0 Å². The summed E-state index contributed by atoms with van der Waals surface area (Å²) in [4.78, 5) is 21.5. The van der Waals surface area contributed by atoms with Gasteiger partial charge in [-0.25, -0.2) is 4.39 Å². The van der Waals surface area contributed by atoms with Gasteiger partial charge in [-0.05, 0) is 41.6 Å². The van der Waals surface area contributed by atoms with Crippen LogP contribution < -0.4 is 0 Å². The Hall–Kier alpha value is -0.780. The summed E-state index contributed by atoms with van der Waals surface area (Å²) in [5, 5.41) is 0. The van der Waals surface area contributed by atoms with E-state index in [1.807, 2.05) is 0 Å². The SMILES string of the molecule is CC(=O)c1ccc(F)c(C=O)c1I. The molecule has 0 aromatic heterocycles. The topological polar surface area (TPSA) is 34.1 Å². The molecule has 1 aromatic carbocycles. The number of benzene rings is 1. The first-order valence-electron chi connectivity index (χ1n) is 3.52. The lowest BCUT2D eigenvalue weighted by Crippen LogP contribution is -2.02. The molecule has 1 rings (SSSR count). The van der Waals surface area contributed by atoms with E-state index < -0.39 is 5.82 Å². The van der Waals surface area contributed by atoms with Gasteiger partial charge in [0.25, 0.3) is 0 Å². The zero-order valence-electron chi connectivity index (χ0n) is 6.80. The maximum absolute atomic E-state index is 12.9. The minimum Gasteiger partial charge on any atom is -0.298 e. The summed E-state index contributed by atoms with van der Waals surface area (Å²) in [7, 11) is 0. The van der Waals surface area contributed by atoms with Crippen LogP contribution in [0.25, 0.3) is 0 Å². The molecular formula is C9H6FIO2. The first-order valence-corrected chi connectivity index (χ1v) is 4.60. The third-order valence-electron chi connectivity index (χ3n) is 1.62. The fraction of sp³-hybridized carbons (Fsp3) is 0.111. The van der Waals surface area contributed by atoms with E-state index in [2.05, 4.69) is 0 Å². The normalized spacial score (nSPS) is 9.77. The molecule has 0 radical (unpaired) electrons. The molecule has 0 unspecified atom stereocenters. The van der Waals surface area contributed by atoms with E-state index in [0.717, 1.165) is 6.07 Å². The molecule has 0 aliphatic rings. The van der Waals surface area contributed by atoms with Gasteiger partial charge in [0.2, 0.25) is 0 Å². The van der Waals surface area contributed by atoms with Crippen LogP contribution in [0.1, 0.15) is 27.6 Å². The van der Waals surface area contributed by atoms with Crippen LogP contribution in [0, 0.1) is 9.39 Å². The fourth-order valence-corrected chi connectivity index (χ4v) is 1.89. The average molecular weight is 292 g/mol. The van der Waals surface area contributed by atoms with E-state index in [9.17, 15) is 14.0 Å². The monoisotopic (exact) mass is 292 g/mol. The fourth-order valence-electron chi connectivity index (χ4n) is 0.949. The van der Waals surface area contributed by atoms with Crippen molar-refractivity contribution in [3.05, 3.63) is 32.6 Å².